The van der Waals surface area contributed by atoms with E-state index in [4.69, 9.17) is 0 Å². The van der Waals surface area contributed by atoms with Gasteiger partial charge in [-0.2, -0.15) is 0 Å². The number of aliphatic hydroxyl groups excluding tert-OH is 1. The average molecular weight is 249 g/mol. The molecule has 0 radical (unpaired) electrons. The smallest absolute Gasteiger partial charge is 0.241 e. The average Bonchev–Trinajstić information content (AvgIpc) is 2.52. The molecule has 2 heterocycles. The minimum atomic E-state index is -0.579. The zero-order chi connectivity index (χ0) is 13.1. The standard InChI is InChI=1S/C13H19N3O2/c1-10(17)11-5-3-6-14-13(11)16-8-4-7-15(2)12(18)9-16/h3,5-6,10,17H,4,7-9H2,1-2H3/t10-/m0/s1. The number of likely N-dealkylation sites (N-methyl/N-ethyl adjacent to an activating group) is 1. The number of aliphatic hydroxyl groups is 1. The van der Waals surface area contributed by atoms with E-state index in [1.165, 1.54) is 0 Å². The zero-order valence-electron chi connectivity index (χ0n) is 10.8. The molecule has 1 aromatic heterocycles. The van der Waals surface area contributed by atoms with E-state index in [1.54, 1.807) is 24.1 Å². The fraction of sp³-hybridized carbons (Fsp3) is 0.538. The second-order valence-electron chi connectivity index (χ2n) is 4.68. The first-order valence-electron chi connectivity index (χ1n) is 6.21. The second-order valence-corrected chi connectivity index (χ2v) is 4.68. The highest BCUT2D eigenvalue weighted by atomic mass is 16.3. The van der Waals surface area contributed by atoms with E-state index in [0.29, 0.717) is 6.54 Å². The normalized spacial score (nSPS) is 18.7. The summed E-state index contributed by atoms with van der Waals surface area (Å²) in [5.41, 5.74) is 0.773. The monoisotopic (exact) mass is 249 g/mol. The number of hydrogen-bond donors (Lipinski definition) is 1. The highest BCUT2D eigenvalue weighted by Gasteiger charge is 2.22. The van der Waals surface area contributed by atoms with Crippen molar-refractivity contribution >= 4 is 11.7 Å². The quantitative estimate of drug-likeness (QED) is 0.842. The van der Waals surface area contributed by atoms with Crippen LogP contribution in [0.25, 0.3) is 0 Å². The van der Waals surface area contributed by atoms with Crippen LogP contribution in [0.1, 0.15) is 25.0 Å². The Labute approximate surface area is 107 Å². The molecule has 0 unspecified atom stereocenters. The number of aromatic nitrogens is 1. The molecular formula is C13H19N3O2. The van der Waals surface area contributed by atoms with Crippen LogP contribution < -0.4 is 4.90 Å². The molecule has 0 bridgehead atoms. The van der Waals surface area contributed by atoms with Gasteiger partial charge in [-0.15, -0.1) is 0 Å². The Hall–Kier alpha value is -1.62. The molecule has 2 rings (SSSR count). The van der Waals surface area contributed by atoms with Crippen LogP contribution in [0.3, 0.4) is 0 Å². The molecule has 0 aromatic carbocycles. The van der Waals surface area contributed by atoms with Crippen molar-refractivity contribution < 1.29 is 9.90 Å². The van der Waals surface area contributed by atoms with Crippen LogP contribution >= 0.6 is 0 Å². The summed E-state index contributed by atoms with van der Waals surface area (Å²) in [5, 5.41) is 9.76. The Morgan fingerprint density at radius 1 is 1.44 bits per heavy atom. The summed E-state index contributed by atoms with van der Waals surface area (Å²) in [6.45, 7) is 3.60. The van der Waals surface area contributed by atoms with E-state index in [1.807, 2.05) is 18.0 Å². The van der Waals surface area contributed by atoms with E-state index < -0.39 is 6.10 Å². The Kier molecular flexibility index (Phi) is 3.81. The first kappa shape index (κ1) is 12.8. The van der Waals surface area contributed by atoms with Crippen LogP contribution in [-0.4, -0.2) is 47.6 Å². The van der Waals surface area contributed by atoms with Crippen LogP contribution in [0, 0.1) is 0 Å². The number of hydrogen-bond acceptors (Lipinski definition) is 4. The van der Waals surface area contributed by atoms with E-state index in [2.05, 4.69) is 4.98 Å². The summed E-state index contributed by atoms with van der Waals surface area (Å²) in [6, 6.07) is 3.66. The van der Waals surface area contributed by atoms with Crippen molar-refractivity contribution in [1.82, 2.24) is 9.88 Å². The van der Waals surface area contributed by atoms with Gasteiger partial charge in [-0.25, -0.2) is 4.98 Å². The van der Waals surface area contributed by atoms with Gasteiger partial charge in [-0.05, 0) is 19.4 Å². The molecule has 0 spiro atoms. The molecule has 18 heavy (non-hydrogen) atoms. The summed E-state index contributed by atoms with van der Waals surface area (Å²) < 4.78 is 0. The lowest BCUT2D eigenvalue weighted by molar-refractivity contribution is -0.127. The first-order valence-corrected chi connectivity index (χ1v) is 6.21. The molecule has 0 saturated carbocycles. The van der Waals surface area contributed by atoms with Gasteiger partial charge in [-0.1, -0.05) is 6.07 Å². The molecule has 1 fully saturated rings. The Morgan fingerprint density at radius 2 is 2.22 bits per heavy atom. The number of rotatable bonds is 2. The fourth-order valence-electron chi connectivity index (χ4n) is 2.17. The van der Waals surface area contributed by atoms with Crippen molar-refractivity contribution in [3.63, 3.8) is 0 Å². The maximum atomic E-state index is 11.9. The molecule has 0 aliphatic carbocycles. The van der Waals surface area contributed by atoms with Crippen molar-refractivity contribution in [2.45, 2.75) is 19.4 Å². The molecule has 5 nitrogen and oxygen atoms in total. The summed E-state index contributed by atoms with van der Waals surface area (Å²) in [6.07, 6.45) is 2.03. The highest BCUT2D eigenvalue weighted by molar-refractivity contribution is 5.81. The molecule has 98 valence electrons. The largest absolute Gasteiger partial charge is 0.389 e. The number of carbonyl (C=O) groups is 1. The third-order valence-corrected chi connectivity index (χ3v) is 3.24. The number of pyridine rings is 1. The summed E-state index contributed by atoms with van der Waals surface area (Å²) in [4.78, 5) is 19.9. The number of nitrogens with zero attached hydrogens (tertiary/aromatic N) is 3. The number of anilines is 1. The molecule has 1 atom stereocenters. The molecule has 1 amide bonds. The van der Waals surface area contributed by atoms with Crippen molar-refractivity contribution in [3.05, 3.63) is 23.9 Å². The molecule has 1 aromatic rings. The lowest BCUT2D eigenvalue weighted by Crippen LogP contribution is -2.35. The van der Waals surface area contributed by atoms with E-state index in [-0.39, 0.29) is 5.91 Å². The molecule has 1 saturated heterocycles. The maximum absolute atomic E-state index is 11.9. The summed E-state index contributed by atoms with van der Waals surface area (Å²) in [7, 11) is 1.82. The van der Waals surface area contributed by atoms with Gasteiger partial charge in [0.2, 0.25) is 5.91 Å². The lowest BCUT2D eigenvalue weighted by Gasteiger charge is -2.24. The molecule has 1 aliphatic heterocycles. The molecule has 1 N–H and O–H groups in total. The van der Waals surface area contributed by atoms with Crippen molar-refractivity contribution in [3.8, 4) is 0 Å². The van der Waals surface area contributed by atoms with Gasteiger partial charge in [0.1, 0.15) is 5.82 Å². The predicted octanol–water partition coefficient (Wildman–Crippen LogP) is 0.803. The SMILES string of the molecule is C[C@H](O)c1cccnc1N1CCCN(C)C(=O)C1. The Balaban J connectivity index is 2.28. The lowest BCUT2D eigenvalue weighted by atomic mass is 10.1. The fourth-order valence-corrected chi connectivity index (χ4v) is 2.17. The molecule has 5 heteroatoms. The maximum Gasteiger partial charge on any atom is 0.241 e. The van der Waals surface area contributed by atoms with Gasteiger partial charge in [-0.3, -0.25) is 4.79 Å². The van der Waals surface area contributed by atoms with Crippen LogP contribution in [0.4, 0.5) is 5.82 Å². The van der Waals surface area contributed by atoms with Crippen LogP contribution in [0.5, 0.6) is 0 Å². The minimum Gasteiger partial charge on any atom is -0.389 e. The van der Waals surface area contributed by atoms with Gasteiger partial charge < -0.3 is 14.9 Å². The van der Waals surface area contributed by atoms with Crippen molar-refractivity contribution in [2.24, 2.45) is 0 Å². The third-order valence-electron chi connectivity index (χ3n) is 3.24. The number of amides is 1. The summed E-state index contributed by atoms with van der Waals surface area (Å²) >= 11 is 0. The highest BCUT2D eigenvalue weighted by Crippen LogP contribution is 2.24. The third kappa shape index (κ3) is 2.61. The Morgan fingerprint density at radius 3 is 2.94 bits per heavy atom. The van der Waals surface area contributed by atoms with Crippen molar-refractivity contribution in [1.29, 1.82) is 0 Å². The van der Waals surface area contributed by atoms with Gasteiger partial charge in [0.25, 0.3) is 0 Å². The zero-order valence-corrected chi connectivity index (χ0v) is 10.8. The van der Waals surface area contributed by atoms with Gasteiger partial charge >= 0.3 is 0 Å². The van der Waals surface area contributed by atoms with E-state index in [0.717, 1.165) is 30.9 Å². The van der Waals surface area contributed by atoms with Gasteiger partial charge in [0, 0.05) is 31.9 Å². The van der Waals surface area contributed by atoms with E-state index >= 15 is 0 Å². The predicted molar refractivity (Wildman–Crippen MR) is 69.3 cm³/mol. The minimum absolute atomic E-state index is 0.0923. The van der Waals surface area contributed by atoms with E-state index in [9.17, 15) is 9.90 Å². The van der Waals surface area contributed by atoms with Crippen molar-refractivity contribution in [2.75, 3.05) is 31.6 Å². The topological polar surface area (TPSA) is 56.7 Å². The second kappa shape index (κ2) is 5.35. The molecular weight excluding hydrogens is 230 g/mol. The Bertz CT molecular complexity index is 434. The first-order chi connectivity index (χ1) is 8.59. The number of carbonyl (C=O) groups excluding carboxylic acids is 1. The van der Waals surface area contributed by atoms with Crippen LogP contribution in [0.15, 0.2) is 18.3 Å². The molecule has 1 aliphatic rings. The van der Waals surface area contributed by atoms with Crippen LogP contribution in [-0.2, 0) is 4.79 Å². The summed E-state index contributed by atoms with van der Waals surface area (Å²) in [5.74, 6) is 0.811. The van der Waals surface area contributed by atoms with Crippen LogP contribution in [0.2, 0.25) is 0 Å². The van der Waals surface area contributed by atoms with Gasteiger partial charge in [0.15, 0.2) is 0 Å². The van der Waals surface area contributed by atoms with Gasteiger partial charge in [0.05, 0.1) is 12.6 Å².